The Labute approximate surface area is 152 Å². The Morgan fingerprint density at radius 3 is 2.77 bits per heavy atom. The molecule has 6 nitrogen and oxygen atoms in total. The standard InChI is InChI=1S/C19H21N3O3S/c1-13-6-2-3-9-15(13)20-21-18(23)12-22-16-10-4-7-14-8-5-11-17(19(14)16)26(22,24)25/h4-5,7-8,10-11,13H,2-3,6,9,12H2,1H3,(H,21,23)/t13-/m0/s1. The van der Waals surface area contributed by atoms with Crippen LogP contribution in [0, 0.1) is 5.92 Å². The molecule has 1 heterocycles. The fraction of sp³-hybridized carbons (Fsp3) is 0.368. The summed E-state index contributed by atoms with van der Waals surface area (Å²) in [7, 11) is -3.72. The second-order valence-corrected chi connectivity index (χ2v) is 8.76. The molecule has 2 aromatic carbocycles. The van der Waals surface area contributed by atoms with Crippen molar-refractivity contribution >= 4 is 38.1 Å². The maximum absolute atomic E-state index is 12.9. The minimum absolute atomic E-state index is 0.255. The lowest BCUT2D eigenvalue weighted by Gasteiger charge is -2.21. The quantitative estimate of drug-likeness (QED) is 0.843. The highest BCUT2D eigenvalue weighted by Gasteiger charge is 2.36. The summed E-state index contributed by atoms with van der Waals surface area (Å²) in [4.78, 5) is 12.6. The zero-order valence-corrected chi connectivity index (χ0v) is 15.4. The highest BCUT2D eigenvalue weighted by molar-refractivity contribution is 7.93. The average molecular weight is 371 g/mol. The number of hydrogen-bond acceptors (Lipinski definition) is 4. The van der Waals surface area contributed by atoms with E-state index in [1.165, 1.54) is 10.7 Å². The molecule has 0 saturated heterocycles. The van der Waals surface area contributed by atoms with Crippen LogP contribution in [-0.2, 0) is 14.8 Å². The van der Waals surface area contributed by atoms with E-state index in [1.807, 2.05) is 12.1 Å². The van der Waals surface area contributed by atoms with Gasteiger partial charge in [-0.3, -0.25) is 9.10 Å². The van der Waals surface area contributed by atoms with Crippen molar-refractivity contribution in [2.45, 2.75) is 37.5 Å². The third kappa shape index (κ3) is 2.76. The molecule has 7 heteroatoms. The number of carbonyl (C=O) groups excluding carboxylic acids is 1. The van der Waals surface area contributed by atoms with Gasteiger partial charge in [0.2, 0.25) is 0 Å². The molecule has 1 saturated carbocycles. The van der Waals surface area contributed by atoms with Gasteiger partial charge in [0, 0.05) is 11.1 Å². The van der Waals surface area contributed by atoms with Crippen LogP contribution in [0.4, 0.5) is 5.69 Å². The van der Waals surface area contributed by atoms with Crippen LogP contribution in [0.5, 0.6) is 0 Å². The van der Waals surface area contributed by atoms with Gasteiger partial charge in [0.05, 0.1) is 10.6 Å². The topological polar surface area (TPSA) is 78.8 Å². The number of anilines is 1. The number of amides is 1. The fourth-order valence-electron chi connectivity index (χ4n) is 3.76. The van der Waals surface area contributed by atoms with E-state index in [4.69, 9.17) is 0 Å². The molecule has 1 aliphatic heterocycles. The first kappa shape index (κ1) is 17.0. The van der Waals surface area contributed by atoms with Crippen molar-refractivity contribution in [2.24, 2.45) is 11.0 Å². The second kappa shape index (κ2) is 6.39. The monoisotopic (exact) mass is 371 g/mol. The molecule has 2 aromatic rings. The van der Waals surface area contributed by atoms with Crippen LogP contribution in [0.2, 0.25) is 0 Å². The van der Waals surface area contributed by atoms with Gasteiger partial charge in [-0.1, -0.05) is 37.6 Å². The number of hydrazone groups is 1. The zero-order valence-electron chi connectivity index (χ0n) is 14.6. The van der Waals surface area contributed by atoms with Crippen LogP contribution in [0.3, 0.4) is 0 Å². The molecule has 0 radical (unpaired) electrons. The van der Waals surface area contributed by atoms with E-state index in [9.17, 15) is 13.2 Å². The summed E-state index contributed by atoms with van der Waals surface area (Å²) in [6.45, 7) is 1.83. The van der Waals surface area contributed by atoms with E-state index in [0.717, 1.165) is 30.4 Å². The predicted molar refractivity (Wildman–Crippen MR) is 102 cm³/mol. The molecule has 1 N–H and O–H groups in total. The summed E-state index contributed by atoms with van der Waals surface area (Å²) in [6.07, 6.45) is 4.22. The summed E-state index contributed by atoms with van der Waals surface area (Å²) in [5.74, 6) is -0.0683. The summed E-state index contributed by atoms with van der Waals surface area (Å²) in [6, 6.07) is 10.6. The third-order valence-corrected chi connectivity index (χ3v) is 6.98. The Morgan fingerprint density at radius 2 is 2.00 bits per heavy atom. The van der Waals surface area contributed by atoms with E-state index in [1.54, 1.807) is 24.3 Å². The first-order valence-corrected chi connectivity index (χ1v) is 10.3. The number of nitrogens with one attached hydrogen (secondary N) is 1. The molecule has 0 bridgehead atoms. The molecule has 0 unspecified atom stereocenters. The SMILES string of the molecule is C[C@H]1CCCCC1=NNC(=O)CN1c2cccc3cccc(c23)S1(=O)=O. The lowest BCUT2D eigenvalue weighted by atomic mass is 9.89. The maximum Gasteiger partial charge on any atom is 0.265 e. The lowest BCUT2D eigenvalue weighted by molar-refractivity contribution is -0.119. The molecule has 26 heavy (non-hydrogen) atoms. The minimum atomic E-state index is -3.72. The Balaban J connectivity index is 1.58. The van der Waals surface area contributed by atoms with Gasteiger partial charge in [-0.15, -0.1) is 0 Å². The van der Waals surface area contributed by atoms with Crippen molar-refractivity contribution in [1.29, 1.82) is 0 Å². The highest BCUT2D eigenvalue weighted by atomic mass is 32.2. The van der Waals surface area contributed by atoms with Gasteiger partial charge in [-0.2, -0.15) is 5.10 Å². The molecule has 136 valence electrons. The molecule has 0 spiro atoms. The van der Waals surface area contributed by atoms with E-state index in [0.29, 0.717) is 17.0 Å². The molecular weight excluding hydrogens is 350 g/mol. The van der Waals surface area contributed by atoms with Crippen LogP contribution in [-0.4, -0.2) is 26.6 Å². The Morgan fingerprint density at radius 1 is 1.23 bits per heavy atom. The van der Waals surface area contributed by atoms with Crippen molar-refractivity contribution in [3.05, 3.63) is 36.4 Å². The maximum atomic E-state index is 12.9. The zero-order chi connectivity index (χ0) is 18.3. The second-order valence-electron chi connectivity index (χ2n) is 6.93. The minimum Gasteiger partial charge on any atom is -0.271 e. The molecule has 1 fully saturated rings. The summed E-state index contributed by atoms with van der Waals surface area (Å²) in [5, 5.41) is 5.77. The number of hydrogen-bond donors (Lipinski definition) is 1. The van der Waals surface area contributed by atoms with Crippen molar-refractivity contribution in [1.82, 2.24) is 5.43 Å². The van der Waals surface area contributed by atoms with Crippen LogP contribution in [0.1, 0.15) is 32.6 Å². The van der Waals surface area contributed by atoms with Crippen LogP contribution < -0.4 is 9.73 Å². The largest absolute Gasteiger partial charge is 0.271 e. The average Bonchev–Trinajstić information content (AvgIpc) is 2.85. The van der Waals surface area contributed by atoms with Gasteiger partial charge in [-0.25, -0.2) is 13.8 Å². The van der Waals surface area contributed by atoms with Gasteiger partial charge < -0.3 is 0 Å². The number of carbonyl (C=O) groups is 1. The van der Waals surface area contributed by atoms with Crippen molar-refractivity contribution in [3.8, 4) is 0 Å². The highest BCUT2D eigenvalue weighted by Crippen LogP contribution is 2.41. The molecule has 0 aromatic heterocycles. The molecule has 4 rings (SSSR count). The number of sulfonamides is 1. The number of rotatable bonds is 3. The Hall–Kier alpha value is -2.41. The number of nitrogens with zero attached hydrogens (tertiary/aromatic N) is 2. The molecule has 1 atom stereocenters. The van der Waals surface area contributed by atoms with Gasteiger partial charge in [0.25, 0.3) is 15.9 Å². The smallest absolute Gasteiger partial charge is 0.265 e. The normalized spacial score (nSPS) is 22.7. The van der Waals surface area contributed by atoms with Gasteiger partial charge in [0.1, 0.15) is 6.54 Å². The van der Waals surface area contributed by atoms with E-state index >= 15 is 0 Å². The third-order valence-electron chi connectivity index (χ3n) is 5.18. The summed E-state index contributed by atoms with van der Waals surface area (Å²) in [5.41, 5.74) is 4.08. The summed E-state index contributed by atoms with van der Waals surface area (Å²) < 4.78 is 26.9. The van der Waals surface area contributed by atoms with E-state index < -0.39 is 15.9 Å². The van der Waals surface area contributed by atoms with Crippen LogP contribution in [0.25, 0.3) is 10.8 Å². The lowest BCUT2D eigenvalue weighted by Crippen LogP contribution is -2.38. The van der Waals surface area contributed by atoms with E-state index in [2.05, 4.69) is 17.5 Å². The van der Waals surface area contributed by atoms with Gasteiger partial charge in [-0.05, 0) is 42.7 Å². The van der Waals surface area contributed by atoms with Crippen LogP contribution >= 0.6 is 0 Å². The molecule has 1 aliphatic carbocycles. The fourth-order valence-corrected chi connectivity index (χ4v) is 5.43. The molecule has 2 aliphatic rings. The van der Waals surface area contributed by atoms with Gasteiger partial charge >= 0.3 is 0 Å². The van der Waals surface area contributed by atoms with E-state index in [-0.39, 0.29) is 11.4 Å². The van der Waals surface area contributed by atoms with Crippen LogP contribution in [0.15, 0.2) is 46.4 Å². The molecular formula is C19H21N3O3S. The number of benzene rings is 2. The predicted octanol–water partition coefficient (Wildman–Crippen LogP) is 3.03. The van der Waals surface area contributed by atoms with Crippen molar-refractivity contribution in [2.75, 3.05) is 10.8 Å². The van der Waals surface area contributed by atoms with Gasteiger partial charge in [0.15, 0.2) is 0 Å². The van der Waals surface area contributed by atoms with Crippen molar-refractivity contribution < 1.29 is 13.2 Å². The first-order valence-electron chi connectivity index (χ1n) is 8.88. The molecule has 1 amide bonds. The Kier molecular flexibility index (Phi) is 4.19. The first-order chi connectivity index (χ1) is 12.5. The van der Waals surface area contributed by atoms with Crippen molar-refractivity contribution in [3.63, 3.8) is 0 Å². The Bertz CT molecular complexity index is 1010. The summed E-state index contributed by atoms with van der Waals surface area (Å²) >= 11 is 0.